The molecule has 0 fully saturated rings. The van der Waals surface area contributed by atoms with Gasteiger partial charge in [0, 0.05) is 23.6 Å². The molecule has 1 nitrogen and oxygen atoms in total. The van der Waals surface area contributed by atoms with Crippen molar-refractivity contribution in [2.75, 3.05) is 0 Å². The SMILES string of the molecule is CCc1ccc2c(cc(C)n2C)c1C. The highest BCUT2D eigenvalue weighted by Crippen LogP contribution is 2.24. The van der Waals surface area contributed by atoms with Gasteiger partial charge in [0.15, 0.2) is 0 Å². The van der Waals surface area contributed by atoms with Crippen LogP contribution in [0.3, 0.4) is 0 Å². The predicted molar refractivity (Wildman–Crippen MR) is 61.8 cm³/mol. The Kier molecular flexibility index (Phi) is 2.10. The number of fused-ring (bicyclic) bond motifs is 1. The molecule has 0 unspecified atom stereocenters. The lowest BCUT2D eigenvalue weighted by Crippen LogP contribution is -1.91. The number of nitrogens with zero attached hydrogens (tertiary/aromatic N) is 1. The minimum Gasteiger partial charge on any atom is -0.348 e. The molecule has 2 rings (SSSR count). The fourth-order valence-electron chi connectivity index (χ4n) is 2.11. The Hall–Kier alpha value is -1.24. The van der Waals surface area contributed by atoms with E-state index in [4.69, 9.17) is 0 Å². The molecule has 0 N–H and O–H groups in total. The minimum absolute atomic E-state index is 1.12. The first-order chi connectivity index (χ1) is 6.65. The Labute approximate surface area is 85.4 Å². The molecule has 2 aromatic rings. The van der Waals surface area contributed by atoms with Crippen LogP contribution in [-0.4, -0.2) is 4.57 Å². The van der Waals surface area contributed by atoms with Crippen LogP contribution in [0, 0.1) is 13.8 Å². The third kappa shape index (κ3) is 1.16. The quantitative estimate of drug-likeness (QED) is 0.645. The van der Waals surface area contributed by atoms with Gasteiger partial charge in [-0.15, -0.1) is 0 Å². The fourth-order valence-corrected chi connectivity index (χ4v) is 2.11. The van der Waals surface area contributed by atoms with Gasteiger partial charge >= 0.3 is 0 Å². The summed E-state index contributed by atoms with van der Waals surface area (Å²) < 4.78 is 2.25. The van der Waals surface area contributed by atoms with Crippen molar-refractivity contribution in [2.24, 2.45) is 7.05 Å². The molecule has 0 atom stereocenters. The normalized spacial score (nSPS) is 11.1. The predicted octanol–water partition coefficient (Wildman–Crippen LogP) is 3.36. The lowest BCUT2D eigenvalue weighted by atomic mass is 10.0. The van der Waals surface area contributed by atoms with Gasteiger partial charge in [0.25, 0.3) is 0 Å². The standard InChI is InChI=1S/C13H17N/c1-5-11-6-7-13-12(10(11)3)8-9(2)14(13)4/h6-8H,5H2,1-4H3. The van der Waals surface area contributed by atoms with Crippen LogP contribution in [0.5, 0.6) is 0 Å². The van der Waals surface area contributed by atoms with E-state index in [2.05, 4.69) is 50.6 Å². The molecule has 1 heteroatoms. The summed E-state index contributed by atoms with van der Waals surface area (Å²) in [5.74, 6) is 0. The third-order valence-electron chi connectivity index (χ3n) is 3.23. The van der Waals surface area contributed by atoms with Crippen molar-refractivity contribution in [3.8, 4) is 0 Å². The molecule has 1 aromatic carbocycles. The zero-order valence-electron chi connectivity index (χ0n) is 9.39. The van der Waals surface area contributed by atoms with Crippen LogP contribution in [0.1, 0.15) is 23.7 Å². The number of benzene rings is 1. The zero-order chi connectivity index (χ0) is 10.3. The lowest BCUT2D eigenvalue weighted by molar-refractivity contribution is 0.917. The maximum absolute atomic E-state index is 2.28. The molecule has 0 amide bonds. The van der Waals surface area contributed by atoms with Gasteiger partial charge in [0.2, 0.25) is 0 Å². The average molecular weight is 187 g/mol. The molecule has 0 spiro atoms. The molecule has 1 aromatic heterocycles. The Balaban J connectivity index is 2.83. The molecule has 0 aliphatic heterocycles. The van der Waals surface area contributed by atoms with E-state index in [-0.39, 0.29) is 0 Å². The van der Waals surface area contributed by atoms with Crippen LogP contribution >= 0.6 is 0 Å². The van der Waals surface area contributed by atoms with Gasteiger partial charge in [0.05, 0.1) is 0 Å². The number of hydrogen-bond donors (Lipinski definition) is 0. The maximum Gasteiger partial charge on any atom is 0.0482 e. The molecule has 0 saturated carbocycles. The van der Waals surface area contributed by atoms with Crippen molar-refractivity contribution in [3.05, 3.63) is 35.0 Å². The average Bonchev–Trinajstić information content (AvgIpc) is 2.46. The number of aryl methyl sites for hydroxylation is 4. The van der Waals surface area contributed by atoms with Crippen LogP contribution in [-0.2, 0) is 13.5 Å². The van der Waals surface area contributed by atoms with E-state index < -0.39 is 0 Å². The number of hydrogen-bond acceptors (Lipinski definition) is 0. The van der Waals surface area contributed by atoms with Crippen molar-refractivity contribution in [3.63, 3.8) is 0 Å². The van der Waals surface area contributed by atoms with Gasteiger partial charge in [-0.3, -0.25) is 0 Å². The van der Waals surface area contributed by atoms with Crippen molar-refractivity contribution in [2.45, 2.75) is 27.2 Å². The largest absolute Gasteiger partial charge is 0.348 e. The highest BCUT2D eigenvalue weighted by atomic mass is 14.9. The topological polar surface area (TPSA) is 4.93 Å². The smallest absolute Gasteiger partial charge is 0.0482 e. The molecule has 14 heavy (non-hydrogen) atoms. The van der Waals surface area contributed by atoms with Crippen molar-refractivity contribution in [1.82, 2.24) is 4.57 Å². The first-order valence-electron chi connectivity index (χ1n) is 5.19. The maximum atomic E-state index is 2.28. The van der Waals surface area contributed by atoms with Gasteiger partial charge in [-0.2, -0.15) is 0 Å². The molecule has 0 saturated heterocycles. The van der Waals surface area contributed by atoms with Crippen LogP contribution in [0.4, 0.5) is 0 Å². The second-order valence-electron chi connectivity index (χ2n) is 3.98. The number of rotatable bonds is 1. The van der Waals surface area contributed by atoms with E-state index in [1.807, 2.05) is 0 Å². The lowest BCUT2D eigenvalue weighted by Gasteiger charge is -2.05. The zero-order valence-corrected chi connectivity index (χ0v) is 9.39. The molecule has 1 heterocycles. The summed E-state index contributed by atoms with van der Waals surface area (Å²) in [6.45, 7) is 6.59. The van der Waals surface area contributed by atoms with E-state index in [9.17, 15) is 0 Å². The van der Waals surface area contributed by atoms with E-state index in [0.717, 1.165) is 6.42 Å². The van der Waals surface area contributed by atoms with Gasteiger partial charge < -0.3 is 4.57 Å². The molecule has 74 valence electrons. The fraction of sp³-hybridized carbons (Fsp3) is 0.385. The monoisotopic (exact) mass is 187 g/mol. The van der Waals surface area contributed by atoms with Gasteiger partial charge in [-0.05, 0) is 43.5 Å². The molecule has 0 bridgehead atoms. The van der Waals surface area contributed by atoms with Crippen molar-refractivity contribution < 1.29 is 0 Å². The summed E-state index contributed by atoms with van der Waals surface area (Å²) in [5, 5.41) is 1.41. The Morgan fingerprint density at radius 1 is 1.21 bits per heavy atom. The second-order valence-corrected chi connectivity index (χ2v) is 3.98. The summed E-state index contributed by atoms with van der Waals surface area (Å²) in [4.78, 5) is 0. The summed E-state index contributed by atoms with van der Waals surface area (Å²) in [6, 6.07) is 6.76. The van der Waals surface area contributed by atoms with E-state index >= 15 is 0 Å². The van der Waals surface area contributed by atoms with Gasteiger partial charge in [0.1, 0.15) is 0 Å². The Bertz CT molecular complexity index is 477. The van der Waals surface area contributed by atoms with Crippen LogP contribution in [0.25, 0.3) is 10.9 Å². The van der Waals surface area contributed by atoms with E-state index in [1.54, 1.807) is 0 Å². The highest BCUT2D eigenvalue weighted by Gasteiger charge is 2.06. The first-order valence-corrected chi connectivity index (χ1v) is 5.19. The Morgan fingerprint density at radius 3 is 2.57 bits per heavy atom. The summed E-state index contributed by atoms with van der Waals surface area (Å²) in [7, 11) is 2.13. The second kappa shape index (κ2) is 3.16. The summed E-state index contributed by atoms with van der Waals surface area (Å²) in [5.41, 5.74) is 5.57. The molecule has 0 aliphatic carbocycles. The van der Waals surface area contributed by atoms with Crippen molar-refractivity contribution >= 4 is 10.9 Å². The minimum atomic E-state index is 1.12. The summed E-state index contributed by atoms with van der Waals surface area (Å²) in [6.07, 6.45) is 1.12. The summed E-state index contributed by atoms with van der Waals surface area (Å²) >= 11 is 0. The molecular formula is C13H17N. The van der Waals surface area contributed by atoms with Gasteiger partial charge in [-0.1, -0.05) is 13.0 Å². The Morgan fingerprint density at radius 2 is 1.93 bits per heavy atom. The molecular weight excluding hydrogens is 170 g/mol. The van der Waals surface area contributed by atoms with Crippen LogP contribution in [0.2, 0.25) is 0 Å². The first kappa shape index (κ1) is 9.32. The van der Waals surface area contributed by atoms with Crippen LogP contribution in [0.15, 0.2) is 18.2 Å². The third-order valence-corrected chi connectivity index (χ3v) is 3.23. The van der Waals surface area contributed by atoms with Crippen molar-refractivity contribution in [1.29, 1.82) is 0 Å². The highest BCUT2D eigenvalue weighted by molar-refractivity contribution is 5.85. The van der Waals surface area contributed by atoms with E-state index in [1.165, 1.54) is 27.7 Å². The number of aromatic nitrogens is 1. The van der Waals surface area contributed by atoms with Crippen LogP contribution < -0.4 is 0 Å². The molecule has 0 radical (unpaired) electrons. The van der Waals surface area contributed by atoms with Gasteiger partial charge in [-0.25, -0.2) is 0 Å². The molecule has 0 aliphatic rings. The van der Waals surface area contributed by atoms with E-state index in [0.29, 0.717) is 0 Å².